The van der Waals surface area contributed by atoms with Gasteiger partial charge in [-0.15, -0.1) is 0 Å². The molecule has 5 nitrogen and oxygen atoms in total. The third kappa shape index (κ3) is 4.34. The molecule has 0 saturated heterocycles. The van der Waals surface area contributed by atoms with E-state index in [4.69, 9.17) is 4.74 Å². The lowest BCUT2D eigenvalue weighted by molar-refractivity contribution is 0.330. The maximum absolute atomic E-state index is 5.77. The predicted octanol–water partition coefficient (Wildman–Crippen LogP) is 2.65. The Bertz CT molecular complexity index is 599. The van der Waals surface area contributed by atoms with Crippen molar-refractivity contribution in [2.45, 2.75) is 13.8 Å². The lowest BCUT2D eigenvalue weighted by Gasteiger charge is -2.13. The molecular weight excluding hydrogens is 264 g/mol. The largest absolute Gasteiger partial charge is 0.491 e. The minimum absolute atomic E-state index is 0.588. The van der Waals surface area contributed by atoms with Crippen molar-refractivity contribution < 1.29 is 4.74 Å². The fourth-order valence-corrected chi connectivity index (χ4v) is 1.99. The number of rotatable bonds is 6. The average molecular weight is 286 g/mol. The van der Waals surface area contributed by atoms with Crippen LogP contribution in [-0.2, 0) is 0 Å². The van der Waals surface area contributed by atoms with Crippen molar-refractivity contribution in [2.24, 2.45) is 0 Å². The first-order valence-corrected chi connectivity index (χ1v) is 6.99. The van der Waals surface area contributed by atoms with Gasteiger partial charge in [-0.25, -0.2) is 9.97 Å². The van der Waals surface area contributed by atoms with Crippen LogP contribution in [0.4, 0.5) is 11.6 Å². The minimum Gasteiger partial charge on any atom is -0.491 e. The molecule has 0 aliphatic heterocycles. The van der Waals surface area contributed by atoms with Gasteiger partial charge < -0.3 is 15.0 Å². The lowest BCUT2D eigenvalue weighted by atomic mass is 10.1. The number of nitrogens with zero attached hydrogens (tertiary/aromatic N) is 3. The molecule has 0 amide bonds. The molecule has 0 bridgehead atoms. The molecule has 0 radical (unpaired) electrons. The van der Waals surface area contributed by atoms with Gasteiger partial charge in [0.2, 0.25) is 0 Å². The molecule has 21 heavy (non-hydrogen) atoms. The van der Waals surface area contributed by atoms with Crippen LogP contribution < -0.4 is 15.0 Å². The quantitative estimate of drug-likeness (QED) is 0.827. The molecule has 1 heterocycles. The molecule has 2 aromatic rings. The van der Waals surface area contributed by atoms with Crippen LogP contribution in [-0.4, -0.2) is 37.2 Å². The summed E-state index contributed by atoms with van der Waals surface area (Å²) in [6, 6.07) is 8.11. The predicted molar refractivity (Wildman–Crippen MR) is 86.3 cm³/mol. The zero-order valence-electron chi connectivity index (χ0n) is 13.1. The molecule has 1 N–H and O–H groups in total. The molecule has 0 atom stereocenters. The smallest absolute Gasteiger partial charge is 0.133 e. The summed E-state index contributed by atoms with van der Waals surface area (Å²) in [7, 11) is 3.91. The Morgan fingerprint density at radius 1 is 1.14 bits per heavy atom. The minimum atomic E-state index is 0.588. The standard InChI is InChI=1S/C16H22N4O/c1-12-5-6-14(13(2)9-12)21-8-7-17-15-10-16(20(3)4)19-11-18-15/h5-6,9-11H,7-8H2,1-4H3,(H,17,18,19). The van der Waals surface area contributed by atoms with Crippen LogP contribution in [0.5, 0.6) is 5.75 Å². The Morgan fingerprint density at radius 2 is 1.95 bits per heavy atom. The third-order valence-corrected chi connectivity index (χ3v) is 3.11. The van der Waals surface area contributed by atoms with E-state index in [0.29, 0.717) is 13.2 Å². The summed E-state index contributed by atoms with van der Waals surface area (Å²) >= 11 is 0. The number of anilines is 2. The maximum atomic E-state index is 5.77. The molecule has 5 heteroatoms. The molecule has 0 aliphatic rings. The van der Waals surface area contributed by atoms with Crippen molar-refractivity contribution in [2.75, 3.05) is 37.5 Å². The van der Waals surface area contributed by atoms with Crippen LogP contribution in [0.1, 0.15) is 11.1 Å². The molecule has 2 rings (SSSR count). The fourth-order valence-electron chi connectivity index (χ4n) is 1.99. The second kappa shape index (κ2) is 6.92. The number of hydrogen-bond acceptors (Lipinski definition) is 5. The van der Waals surface area contributed by atoms with Gasteiger partial charge >= 0.3 is 0 Å². The Hall–Kier alpha value is -2.30. The monoisotopic (exact) mass is 286 g/mol. The molecule has 0 aliphatic carbocycles. The number of ether oxygens (including phenoxy) is 1. The van der Waals surface area contributed by atoms with Gasteiger partial charge in [0.25, 0.3) is 0 Å². The molecule has 0 unspecified atom stereocenters. The summed E-state index contributed by atoms with van der Waals surface area (Å²) in [4.78, 5) is 10.3. The van der Waals surface area contributed by atoms with E-state index >= 15 is 0 Å². The van der Waals surface area contributed by atoms with Crippen LogP contribution in [0, 0.1) is 13.8 Å². The maximum Gasteiger partial charge on any atom is 0.133 e. The van der Waals surface area contributed by atoms with Crippen LogP contribution >= 0.6 is 0 Å². The summed E-state index contributed by atoms with van der Waals surface area (Å²) in [6.07, 6.45) is 1.56. The van der Waals surface area contributed by atoms with Crippen molar-refractivity contribution in [3.8, 4) is 5.75 Å². The fraction of sp³-hybridized carbons (Fsp3) is 0.375. The summed E-state index contributed by atoms with van der Waals surface area (Å²) in [5.74, 6) is 2.61. The first-order chi connectivity index (χ1) is 10.1. The van der Waals surface area contributed by atoms with E-state index in [9.17, 15) is 0 Å². The first kappa shape index (κ1) is 15.1. The zero-order chi connectivity index (χ0) is 15.2. The van der Waals surface area contributed by atoms with E-state index in [1.54, 1.807) is 6.33 Å². The highest BCUT2D eigenvalue weighted by molar-refractivity contribution is 5.47. The molecule has 1 aromatic carbocycles. The Kier molecular flexibility index (Phi) is 4.98. The number of benzene rings is 1. The van der Waals surface area contributed by atoms with Gasteiger partial charge in [0.15, 0.2) is 0 Å². The van der Waals surface area contributed by atoms with E-state index < -0.39 is 0 Å². The number of hydrogen-bond donors (Lipinski definition) is 1. The summed E-state index contributed by atoms with van der Waals surface area (Å²) < 4.78 is 5.77. The van der Waals surface area contributed by atoms with Gasteiger partial charge in [-0.1, -0.05) is 17.7 Å². The highest BCUT2D eigenvalue weighted by atomic mass is 16.5. The summed E-state index contributed by atoms with van der Waals surface area (Å²) in [5, 5.41) is 3.24. The van der Waals surface area contributed by atoms with E-state index in [1.165, 1.54) is 5.56 Å². The van der Waals surface area contributed by atoms with Crippen LogP contribution in [0.15, 0.2) is 30.6 Å². The Labute approximate surface area is 126 Å². The van der Waals surface area contributed by atoms with Crippen LogP contribution in [0.25, 0.3) is 0 Å². The van der Waals surface area contributed by atoms with Crippen molar-refractivity contribution >= 4 is 11.6 Å². The Balaban J connectivity index is 1.83. The summed E-state index contributed by atoms with van der Waals surface area (Å²) in [6.45, 7) is 5.42. The van der Waals surface area contributed by atoms with Crippen molar-refractivity contribution in [3.05, 3.63) is 41.7 Å². The molecule has 0 spiro atoms. The second-order valence-electron chi connectivity index (χ2n) is 5.20. The van der Waals surface area contributed by atoms with Crippen molar-refractivity contribution in [3.63, 3.8) is 0 Å². The third-order valence-electron chi connectivity index (χ3n) is 3.11. The summed E-state index contributed by atoms with van der Waals surface area (Å²) in [5.41, 5.74) is 2.40. The molecule has 0 fully saturated rings. The van der Waals surface area contributed by atoms with Gasteiger partial charge in [0.05, 0.1) is 6.54 Å². The van der Waals surface area contributed by atoms with Gasteiger partial charge in [-0.2, -0.15) is 0 Å². The van der Waals surface area contributed by atoms with Gasteiger partial charge in [-0.05, 0) is 25.5 Å². The van der Waals surface area contributed by atoms with E-state index in [0.717, 1.165) is 22.9 Å². The SMILES string of the molecule is Cc1ccc(OCCNc2cc(N(C)C)ncn2)c(C)c1. The molecule has 1 aromatic heterocycles. The van der Waals surface area contributed by atoms with Crippen molar-refractivity contribution in [1.82, 2.24) is 9.97 Å². The van der Waals surface area contributed by atoms with E-state index in [-0.39, 0.29) is 0 Å². The van der Waals surface area contributed by atoms with Gasteiger partial charge in [0.1, 0.15) is 30.3 Å². The van der Waals surface area contributed by atoms with Gasteiger partial charge in [0, 0.05) is 20.2 Å². The molecule has 112 valence electrons. The number of nitrogens with one attached hydrogen (secondary N) is 1. The van der Waals surface area contributed by atoms with Crippen LogP contribution in [0.2, 0.25) is 0 Å². The van der Waals surface area contributed by atoms with E-state index in [1.807, 2.05) is 31.1 Å². The topological polar surface area (TPSA) is 50.3 Å². The van der Waals surface area contributed by atoms with Gasteiger partial charge in [-0.3, -0.25) is 0 Å². The second-order valence-corrected chi connectivity index (χ2v) is 5.20. The highest BCUT2D eigenvalue weighted by Crippen LogP contribution is 2.18. The number of aryl methyl sites for hydroxylation is 2. The lowest BCUT2D eigenvalue weighted by Crippen LogP contribution is -2.15. The Morgan fingerprint density at radius 3 is 2.67 bits per heavy atom. The van der Waals surface area contributed by atoms with Crippen LogP contribution in [0.3, 0.4) is 0 Å². The normalized spacial score (nSPS) is 10.3. The number of aromatic nitrogens is 2. The van der Waals surface area contributed by atoms with E-state index in [2.05, 4.69) is 41.3 Å². The average Bonchev–Trinajstić information content (AvgIpc) is 2.45. The highest BCUT2D eigenvalue weighted by Gasteiger charge is 2.01. The first-order valence-electron chi connectivity index (χ1n) is 6.99. The zero-order valence-corrected chi connectivity index (χ0v) is 13.1. The molecular formula is C16H22N4O. The van der Waals surface area contributed by atoms with Crippen molar-refractivity contribution in [1.29, 1.82) is 0 Å². The molecule has 0 saturated carbocycles.